The number of benzene rings is 1. The van der Waals surface area contributed by atoms with Gasteiger partial charge in [-0.3, -0.25) is 4.79 Å². The van der Waals surface area contributed by atoms with Gasteiger partial charge in [0.25, 0.3) is 0 Å². The standard InChI is InChI=1S/C17H25N5O.2ClH/c1-13(18)9-10-17(23)20-11-5-6-14-12-16(19)22(21-14)15-7-3-2-4-8-15;;/h2-4,7-8,12-13H,5-6,9-11,18-19H2,1H3,(H,20,23);2*1H. The Morgan fingerprint density at radius 1 is 1.28 bits per heavy atom. The Kier molecular flexibility index (Phi) is 10.9. The molecule has 8 heteroatoms. The summed E-state index contributed by atoms with van der Waals surface area (Å²) in [5, 5.41) is 7.42. The number of carbonyl (C=O) groups excluding carboxylic acids is 1. The number of rotatable bonds is 8. The minimum Gasteiger partial charge on any atom is -0.384 e. The van der Waals surface area contributed by atoms with Crippen molar-refractivity contribution >= 4 is 36.5 Å². The van der Waals surface area contributed by atoms with Gasteiger partial charge in [0.1, 0.15) is 5.82 Å². The lowest BCUT2D eigenvalue weighted by molar-refractivity contribution is -0.121. The van der Waals surface area contributed by atoms with Crippen molar-refractivity contribution in [3.8, 4) is 5.69 Å². The number of hydrogen-bond acceptors (Lipinski definition) is 4. The molecule has 0 spiro atoms. The smallest absolute Gasteiger partial charge is 0.220 e. The molecule has 25 heavy (non-hydrogen) atoms. The number of nitrogen functional groups attached to an aromatic ring is 1. The maximum atomic E-state index is 11.6. The summed E-state index contributed by atoms with van der Waals surface area (Å²) < 4.78 is 1.73. The second-order valence-electron chi connectivity index (χ2n) is 5.78. The number of nitrogens with one attached hydrogen (secondary N) is 1. The molecule has 1 atom stereocenters. The second-order valence-corrected chi connectivity index (χ2v) is 5.78. The number of nitrogens with zero attached hydrogens (tertiary/aromatic N) is 2. The lowest BCUT2D eigenvalue weighted by Crippen LogP contribution is -2.26. The monoisotopic (exact) mass is 387 g/mol. The van der Waals surface area contributed by atoms with Gasteiger partial charge in [0.2, 0.25) is 5.91 Å². The molecule has 6 nitrogen and oxygen atoms in total. The van der Waals surface area contributed by atoms with Crippen molar-refractivity contribution < 1.29 is 4.79 Å². The van der Waals surface area contributed by atoms with Gasteiger partial charge in [-0.05, 0) is 38.3 Å². The molecule has 1 aromatic heterocycles. The predicted molar refractivity (Wildman–Crippen MR) is 107 cm³/mol. The molecular formula is C17H27Cl2N5O. The first-order chi connectivity index (χ1) is 11.1. The first kappa shape index (κ1) is 23.2. The highest BCUT2D eigenvalue weighted by Crippen LogP contribution is 2.14. The summed E-state index contributed by atoms with van der Waals surface area (Å²) in [5.74, 6) is 0.670. The fraction of sp³-hybridized carbons (Fsp3) is 0.412. The highest BCUT2D eigenvalue weighted by atomic mass is 35.5. The molecule has 1 amide bonds. The summed E-state index contributed by atoms with van der Waals surface area (Å²) in [4.78, 5) is 11.6. The van der Waals surface area contributed by atoms with Crippen molar-refractivity contribution in [1.29, 1.82) is 0 Å². The van der Waals surface area contributed by atoms with E-state index in [1.165, 1.54) is 0 Å². The molecule has 1 aromatic carbocycles. The molecule has 0 saturated carbocycles. The van der Waals surface area contributed by atoms with Gasteiger partial charge in [-0.1, -0.05) is 18.2 Å². The van der Waals surface area contributed by atoms with Crippen LogP contribution in [-0.4, -0.2) is 28.3 Å². The number of amides is 1. The average molecular weight is 388 g/mol. The van der Waals surface area contributed by atoms with Crippen LogP contribution in [0.2, 0.25) is 0 Å². The van der Waals surface area contributed by atoms with Crippen LogP contribution < -0.4 is 16.8 Å². The summed E-state index contributed by atoms with van der Waals surface area (Å²) >= 11 is 0. The molecule has 0 aliphatic rings. The molecule has 5 N–H and O–H groups in total. The third-order valence-electron chi connectivity index (χ3n) is 3.55. The molecular weight excluding hydrogens is 361 g/mol. The molecule has 0 saturated heterocycles. The van der Waals surface area contributed by atoms with E-state index in [0.29, 0.717) is 25.2 Å². The quantitative estimate of drug-likeness (QED) is 0.605. The number of aryl methyl sites for hydroxylation is 1. The maximum Gasteiger partial charge on any atom is 0.220 e. The fourth-order valence-corrected chi connectivity index (χ4v) is 2.29. The molecule has 1 unspecified atom stereocenters. The van der Waals surface area contributed by atoms with E-state index in [2.05, 4.69) is 10.4 Å². The van der Waals surface area contributed by atoms with Crippen LogP contribution in [0.15, 0.2) is 36.4 Å². The molecule has 2 aromatic rings. The average Bonchev–Trinajstić information content (AvgIpc) is 2.91. The van der Waals surface area contributed by atoms with Crippen molar-refractivity contribution in [2.75, 3.05) is 12.3 Å². The third kappa shape index (κ3) is 7.77. The molecule has 0 radical (unpaired) electrons. The van der Waals surface area contributed by atoms with Gasteiger partial charge in [-0.25, -0.2) is 4.68 Å². The van der Waals surface area contributed by atoms with Crippen LogP contribution in [0.4, 0.5) is 5.82 Å². The van der Waals surface area contributed by atoms with Crippen LogP contribution in [0.1, 0.15) is 31.9 Å². The van der Waals surface area contributed by atoms with E-state index in [4.69, 9.17) is 11.5 Å². The molecule has 0 aliphatic carbocycles. The van der Waals surface area contributed by atoms with E-state index in [1.54, 1.807) is 4.68 Å². The molecule has 1 heterocycles. The summed E-state index contributed by atoms with van der Waals surface area (Å²) in [5.41, 5.74) is 13.5. The van der Waals surface area contributed by atoms with Gasteiger partial charge >= 0.3 is 0 Å². The summed E-state index contributed by atoms with van der Waals surface area (Å²) in [6.07, 6.45) is 2.80. The number of halogens is 2. The van der Waals surface area contributed by atoms with E-state index in [9.17, 15) is 4.79 Å². The van der Waals surface area contributed by atoms with Gasteiger partial charge in [0.15, 0.2) is 0 Å². The lowest BCUT2D eigenvalue weighted by Gasteiger charge is -2.06. The van der Waals surface area contributed by atoms with Crippen LogP contribution in [0.3, 0.4) is 0 Å². The van der Waals surface area contributed by atoms with Gasteiger partial charge < -0.3 is 16.8 Å². The number of aromatic nitrogens is 2. The van der Waals surface area contributed by atoms with Crippen LogP contribution in [0.5, 0.6) is 0 Å². The van der Waals surface area contributed by atoms with Crippen LogP contribution in [0.25, 0.3) is 5.69 Å². The summed E-state index contributed by atoms with van der Waals surface area (Å²) in [6.45, 7) is 2.54. The first-order valence-electron chi connectivity index (χ1n) is 7.98. The number of para-hydroxylation sites is 1. The highest BCUT2D eigenvalue weighted by molar-refractivity contribution is 5.85. The predicted octanol–water partition coefficient (Wildman–Crippen LogP) is 2.47. The highest BCUT2D eigenvalue weighted by Gasteiger charge is 2.07. The zero-order valence-corrected chi connectivity index (χ0v) is 16.0. The van der Waals surface area contributed by atoms with E-state index < -0.39 is 0 Å². The molecule has 0 aliphatic heterocycles. The van der Waals surface area contributed by atoms with Crippen LogP contribution >= 0.6 is 24.8 Å². The Bertz CT molecular complexity index is 631. The Morgan fingerprint density at radius 3 is 2.60 bits per heavy atom. The molecule has 0 fully saturated rings. The van der Waals surface area contributed by atoms with Crippen LogP contribution in [0, 0.1) is 0 Å². The van der Waals surface area contributed by atoms with Gasteiger partial charge in [-0.2, -0.15) is 5.10 Å². The van der Waals surface area contributed by atoms with Crippen LogP contribution in [-0.2, 0) is 11.2 Å². The van der Waals surface area contributed by atoms with Crippen molar-refractivity contribution in [3.05, 3.63) is 42.1 Å². The molecule has 2 rings (SSSR count). The van der Waals surface area contributed by atoms with Crippen molar-refractivity contribution in [2.45, 2.75) is 38.6 Å². The minimum atomic E-state index is 0. The number of carbonyl (C=O) groups is 1. The van der Waals surface area contributed by atoms with E-state index in [1.807, 2.05) is 43.3 Å². The number of nitrogens with two attached hydrogens (primary N) is 2. The van der Waals surface area contributed by atoms with E-state index in [-0.39, 0.29) is 36.8 Å². The number of anilines is 1. The first-order valence-corrected chi connectivity index (χ1v) is 7.98. The normalized spacial score (nSPS) is 11.1. The van der Waals surface area contributed by atoms with E-state index >= 15 is 0 Å². The zero-order chi connectivity index (χ0) is 16.7. The SMILES string of the molecule is CC(N)CCC(=O)NCCCc1cc(N)n(-c2ccccc2)n1.Cl.Cl. The third-order valence-corrected chi connectivity index (χ3v) is 3.55. The summed E-state index contributed by atoms with van der Waals surface area (Å²) in [7, 11) is 0. The Labute approximate surface area is 161 Å². The number of hydrogen-bond donors (Lipinski definition) is 3. The summed E-state index contributed by atoms with van der Waals surface area (Å²) in [6, 6.07) is 11.7. The fourth-order valence-electron chi connectivity index (χ4n) is 2.29. The van der Waals surface area contributed by atoms with Crippen molar-refractivity contribution in [2.24, 2.45) is 5.73 Å². The zero-order valence-electron chi connectivity index (χ0n) is 14.4. The topological polar surface area (TPSA) is 99.0 Å². The van der Waals surface area contributed by atoms with Gasteiger partial charge in [-0.15, -0.1) is 24.8 Å². The van der Waals surface area contributed by atoms with Crippen molar-refractivity contribution in [1.82, 2.24) is 15.1 Å². The largest absolute Gasteiger partial charge is 0.384 e. The van der Waals surface area contributed by atoms with Crippen molar-refractivity contribution in [3.63, 3.8) is 0 Å². The van der Waals surface area contributed by atoms with E-state index in [0.717, 1.165) is 24.2 Å². The van der Waals surface area contributed by atoms with Gasteiger partial charge in [0.05, 0.1) is 11.4 Å². The Hall–Kier alpha value is -1.76. The Balaban J connectivity index is 0.00000288. The molecule has 140 valence electrons. The van der Waals surface area contributed by atoms with Gasteiger partial charge in [0, 0.05) is 25.1 Å². The second kappa shape index (κ2) is 11.7. The Morgan fingerprint density at radius 2 is 1.96 bits per heavy atom. The lowest BCUT2D eigenvalue weighted by atomic mass is 10.2. The molecule has 0 bridgehead atoms. The maximum absolute atomic E-state index is 11.6. The minimum absolute atomic E-state index is 0.